The summed E-state index contributed by atoms with van der Waals surface area (Å²) in [5.41, 5.74) is 3.37. The van der Waals surface area contributed by atoms with E-state index in [0.717, 1.165) is 11.4 Å². The van der Waals surface area contributed by atoms with E-state index in [1.807, 2.05) is 0 Å². The molecule has 0 spiro atoms. The number of halogens is 2. The monoisotopic (exact) mass is 377 g/mol. The number of nitrogens with one attached hydrogen (secondary N) is 1. The molecule has 0 bridgehead atoms. The van der Waals surface area contributed by atoms with Gasteiger partial charge in [0.25, 0.3) is 0 Å². The largest absolute Gasteiger partial charge is 0.491 e. The lowest BCUT2D eigenvalue weighted by atomic mass is 9.80. The second-order valence-corrected chi connectivity index (χ2v) is 9.02. The van der Waals surface area contributed by atoms with Gasteiger partial charge < -0.3 is 10.1 Å². The molecule has 142 valence electrons. The molecule has 0 atom stereocenters. The normalized spacial score (nSPS) is 12.2. The minimum atomic E-state index is -0.415. The van der Waals surface area contributed by atoms with Gasteiger partial charge in [0.2, 0.25) is 0 Å². The zero-order valence-corrected chi connectivity index (χ0v) is 17.3. The van der Waals surface area contributed by atoms with Gasteiger partial charge in [-0.1, -0.05) is 65.3 Å². The van der Waals surface area contributed by atoms with Crippen LogP contribution in [0.3, 0.4) is 0 Å². The minimum Gasteiger partial charge on any atom is -0.491 e. The molecule has 0 unspecified atom stereocenters. The van der Waals surface area contributed by atoms with Crippen LogP contribution >= 0.6 is 11.6 Å². The Hall–Kier alpha value is -1.74. The molecule has 0 saturated heterocycles. The van der Waals surface area contributed by atoms with Crippen LogP contribution in [-0.4, -0.2) is 13.2 Å². The summed E-state index contributed by atoms with van der Waals surface area (Å²) >= 11 is 5.80. The minimum absolute atomic E-state index is 0.00545. The summed E-state index contributed by atoms with van der Waals surface area (Å²) in [5, 5.41) is 3.32. The first kappa shape index (κ1) is 20.6. The summed E-state index contributed by atoms with van der Waals surface area (Å²) in [7, 11) is 0. The molecule has 0 aromatic heterocycles. The highest BCUT2D eigenvalue weighted by Crippen LogP contribution is 2.35. The van der Waals surface area contributed by atoms with Crippen molar-refractivity contribution < 1.29 is 9.13 Å². The predicted octanol–water partition coefficient (Wildman–Crippen LogP) is 6.57. The van der Waals surface area contributed by atoms with E-state index < -0.39 is 5.82 Å². The quantitative estimate of drug-likeness (QED) is 0.595. The van der Waals surface area contributed by atoms with Crippen molar-refractivity contribution in [1.29, 1.82) is 0 Å². The van der Waals surface area contributed by atoms with Gasteiger partial charge in [0.05, 0.1) is 5.02 Å². The zero-order chi connectivity index (χ0) is 19.5. The van der Waals surface area contributed by atoms with Crippen molar-refractivity contribution in [1.82, 2.24) is 0 Å². The maximum absolute atomic E-state index is 13.2. The third-order valence-electron chi connectivity index (χ3n) is 4.26. The van der Waals surface area contributed by atoms with Gasteiger partial charge in [-0.25, -0.2) is 4.39 Å². The van der Waals surface area contributed by atoms with Crippen LogP contribution in [0.15, 0.2) is 36.4 Å². The molecule has 0 aliphatic rings. The van der Waals surface area contributed by atoms with E-state index in [2.05, 4.69) is 65.1 Å². The van der Waals surface area contributed by atoms with Crippen molar-refractivity contribution in [3.63, 3.8) is 0 Å². The van der Waals surface area contributed by atoms with Gasteiger partial charge in [0, 0.05) is 12.2 Å². The molecule has 0 fully saturated rings. The van der Waals surface area contributed by atoms with E-state index >= 15 is 0 Å². The van der Waals surface area contributed by atoms with Crippen LogP contribution in [0.2, 0.25) is 5.02 Å². The van der Waals surface area contributed by atoms with Crippen LogP contribution in [0.5, 0.6) is 5.75 Å². The van der Waals surface area contributed by atoms with E-state index in [-0.39, 0.29) is 15.9 Å². The molecule has 0 heterocycles. The van der Waals surface area contributed by atoms with Crippen molar-refractivity contribution in [3.05, 3.63) is 58.4 Å². The van der Waals surface area contributed by atoms with E-state index in [4.69, 9.17) is 16.3 Å². The third kappa shape index (κ3) is 5.38. The second kappa shape index (κ2) is 7.87. The van der Waals surface area contributed by atoms with Crippen molar-refractivity contribution in [2.45, 2.75) is 52.4 Å². The zero-order valence-electron chi connectivity index (χ0n) is 16.5. The Morgan fingerprint density at radius 1 is 0.962 bits per heavy atom. The topological polar surface area (TPSA) is 21.3 Å². The standard InChI is InChI=1S/C22H29ClFNO/c1-21(2,3)15-7-10-20(17(13-15)22(4,5)6)26-12-11-25-16-8-9-19(24)18(23)14-16/h7-10,13-14,25H,11-12H2,1-6H3. The summed E-state index contributed by atoms with van der Waals surface area (Å²) in [5.74, 6) is 0.492. The Morgan fingerprint density at radius 3 is 2.23 bits per heavy atom. The van der Waals surface area contributed by atoms with Crippen LogP contribution in [0.25, 0.3) is 0 Å². The number of hydrogen-bond acceptors (Lipinski definition) is 2. The van der Waals surface area contributed by atoms with E-state index in [1.165, 1.54) is 17.2 Å². The molecule has 0 saturated carbocycles. The van der Waals surface area contributed by atoms with Gasteiger partial charge >= 0.3 is 0 Å². The highest BCUT2D eigenvalue weighted by molar-refractivity contribution is 6.31. The Kier molecular flexibility index (Phi) is 6.23. The van der Waals surface area contributed by atoms with E-state index in [1.54, 1.807) is 12.1 Å². The third-order valence-corrected chi connectivity index (χ3v) is 4.55. The smallest absolute Gasteiger partial charge is 0.141 e. The predicted molar refractivity (Wildman–Crippen MR) is 109 cm³/mol. The van der Waals surface area contributed by atoms with Gasteiger partial charge in [-0.15, -0.1) is 0 Å². The van der Waals surface area contributed by atoms with Crippen LogP contribution < -0.4 is 10.1 Å². The molecule has 2 nitrogen and oxygen atoms in total. The number of benzene rings is 2. The van der Waals surface area contributed by atoms with Gasteiger partial charge in [0.15, 0.2) is 0 Å². The van der Waals surface area contributed by atoms with Crippen LogP contribution in [0.4, 0.5) is 10.1 Å². The van der Waals surface area contributed by atoms with Crippen molar-refractivity contribution >= 4 is 17.3 Å². The summed E-state index contributed by atoms with van der Waals surface area (Å²) in [4.78, 5) is 0. The molecule has 26 heavy (non-hydrogen) atoms. The summed E-state index contributed by atoms with van der Waals surface area (Å²) in [6, 6.07) is 11.1. The van der Waals surface area contributed by atoms with Gasteiger partial charge in [0.1, 0.15) is 18.2 Å². The molecule has 0 radical (unpaired) electrons. The fourth-order valence-corrected chi connectivity index (χ4v) is 2.85. The number of ether oxygens (including phenoxy) is 1. The lowest BCUT2D eigenvalue weighted by Gasteiger charge is -2.27. The highest BCUT2D eigenvalue weighted by Gasteiger charge is 2.23. The highest BCUT2D eigenvalue weighted by atomic mass is 35.5. The average molecular weight is 378 g/mol. The van der Waals surface area contributed by atoms with Crippen LogP contribution in [-0.2, 0) is 10.8 Å². The molecule has 2 rings (SSSR count). The molecule has 1 N–H and O–H groups in total. The molecule has 0 aliphatic heterocycles. The average Bonchev–Trinajstić information content (AvgIpc) is 2.53. The Bertz CT molecular complexity index is 760. The molecule has 0 aliphatic carbocycles. The number of anilines is 1. The number of hydrogen-bond donors (Lipinski definition) is 1. The molecular formula is C22H29ClFNO. The molecular weight excluding hydrogens is 349 g/mol. The van der Waals surface area contributed by atoms with Crippen LogP contribution in [0.1, 0.15) is 52.7 Å². The van der Waals surface area contributed by atoms with Gasteiger partial charge in [-0.05, 0) is 46.2 Å². The maximum atomic E-state index is 13.2. The van der Waals surface area contributed by atoms with E-state index in [0.29, 0.717) is 13.2 Å². The maximum Gasteiger partial charge on any atom is 0.141 e. The van der Waals surface area contributed by atoms with Crippen molar-refractivity contribution in [3.8, 4) is 5.75 Å². The molecule has 2 aromatic rings. The van der Waals surface area contributed by atoms with E-state index in [9.17, 15) is 4.39 Å². The Morgan fingerprint density at radius 2 is 1.65 bits per heavy atom. The molecule has 4 heteroatoms. The molecule has 2 aromatic carbocycles. The van der Waals surface area contributed by atoms with Gasteiger partial charge in [-0.2, -0.15) is 0 Å². The van der Waals surface area contributed by atoms with Crippen molar-refractivity contribution in [2.75, 3.05) is 18.5 Å². The summed E-state index contributed by atoms with van der Waals surface area (Å²) < 4.78 is 19.2. The number of rotatable bonds is 5. The van der Waals surface area contributed by atoms with Crippen molar-refractivity contribution in [2.24, 2.45) is 0 Å². The van der Waals surface area contributed by atoms with Crippen LogP contribution in [0, 0.1) is 5.82 Å². The fraction of sp³-hybridized carbons (Fsp3) is 0.455. The summed E-state index contributed by atoms with van der Waals surface area (Å²) in [6.07, 6.45) is 0. The Balaban J connectivity index is 2.05. The second-order valence-electron chi connectivity index (χ2n) is 8.62. The van der Waals surface area contributed by atoms with Gasteiger partial charge in [-0.3, -0.25) is 0 Å². The fourth-order valence-electron chi connectivity index (χ4n) is 2.67. The lowest BCUT2D eigenvalue weighted by molar-refractivity contribution is 0.322. The molecule has 0 amide bonds. The Labute approximate surface area is 161 Å². The SMILES string of the molecule is CC(C)(C)c1ccc(OCCNc2ccc(F)c(Cl)c2)c(C(C)(C)C)c1. The first-order valence-corrected chi connectivity index (χ1v) is 9.33. The lowest BCUT2D eigenvalue weighted by Crippen LogP contribution is -2.19. The first-order chi connectivity index (χ1) is 12.0. The first-order valence-electron chi connectivity index (χ1n) is 8.95. The summed E-state index contributed by atoms with van der Waals surface area (Å²) in [6.45, 7) is 14.3.